The molecule has 2 aromatic heterocycles. The predicted molar refractivity (Wildman–Crippen MR) is 83.2 cm³/mol. The molecule has 3 rings (SSSR count). The zero-order chi connectivity index (χ0) is 15.7. The Morgan fingerprint density at radius 2 is 2.00 bits per heavy atom. The van der Waals surface area contributed by atoms with Crippen molar-refractivity contribution in [3.8, 4) is 5.75 Å². The van der Waals surface area contributed by atoms with Crippen LogP contribution in [0.25, 0.3) is 10.9 Å². The maximum absolute atomic E-state index is 12.3. The van der Waals surface area contributed by atoms with E-state index in [2.05, 4.69) is 15.3 Å². The van der Waals surface area contributed by atoms with Gasteiger partial charge in [0.25, 0.3) is 11.5 Å². The van der Waals surface area contributed by atoms with E-state index in [0.717, 1.165) is 5.56 Å². The van der Waals surface area contributed by atoms with E-state index < -0.39 is 11.5 Å². The van der Waals surface area contributed by atoms with Crippen molar-refractivity contribution in [1.29, 1.82) is 0 Å². The van der Waals surface area contributed by atoms with Gasteiger partial charge in [0, 0.05) is 11.6 Å². The first-order valence-electron chi connectivity index (χ1n) is 6.65. The van der Waals surface area contributed by atoms with Crippen molar-refractivity contribution < 1.29 is 9.90 Å². The van der Waals surface area contributed by atoms with Crippen molar-refractivity contribution >= 4 is 22.6 Å². The molecule has 0 aliphatic heterocycles. The maximum Gasteiger partial charge on any atom is 0.266 e. The fourth-order valence-electron chi connectivity index (χ4n) is 2.22. The number of benzene rings is 1. The van der Waals surface area contributed by atoms with Gasteiger partial charge in [0.1, 0.15) is 17.1 Å². The molecular formula is C16H13N3O3. The summed E-state index contributed by atoms with van der Waals surface area (Å²) in [5, 5.41) is 13.2. The van der Waals surface area contributed by atoms with E-state index in [1.807, 2.05) is 0 Å². The van der Waals surface area contributed by atoms with Crippen molar-refractivity contribution in [3.05, 3.63) is 64.1 Å². The van der Waals surface area contributed by atoms with Crippen molar-refractivity contribution in [3.63, 3.8) is 0 Å². The number of hydrogen-bond donors (Lipinski definition) is 3. The number of pyridine rings is 2. The average Bonchev–Trinajstić information content (AvgIpc) is 2.49. The van der Waals surface area contributed by atoms with Crippen LogP contribution in [0.2, 0.25) is 0 Å². The molecule has 22 heavy (non-hydrogen) atoms. The van der Waals surface area contributed by atoms with Crippen LogP contribution in [-0.2, 0) is 0 Å². The Labute approximate surface area is 125 Å². The highest BCUT2D eigenvalue weighted by Crippen LogP contribution is 2.25. The van der Waals surface area contributed by atoms with Gasteiger partial charge in [-0.05, 0) is 30.7 Å². The number of aromatic hydroxyl groups is 1. The highest BCUT2D eigenvalue weighted by molar-refractivity contribution is 6.08. The monoisotopic (exact) mass is 295 g/mol. The predicted octanol–water partition coefficient (Wildman–Crippen LogP) is 2.19. The van der Waals surface area contributed by atoms with Gasteiger partial charge >= 0.3 is 0 Å². The number of aromatic amines is 1. The number of nitrogens with one attached hydrogen (secondary N) is 2. The third-order valence-electron chi connectivity index (χ3n) is 3.36. The minimum Gasteiger partial charge on any atom is -0.506 e. The zero-order valence-electron chi connectivity index (χ0n) is 11.8. The second kappa shape index (κ2) is 5.33. The molecule has 1 aromatic carbocycles. The van der Waals surface area contributed by atoms with Gasteiger partial charge in [-0.1, -0.05) is 18.2 Å². The maximum atomic E-state index is 12.3. The van der Waals surface area contributed by atoms with Gasteiger partial charge in [0.05, 0.1) is 5.52 Å². The number of H-pyrrole nitrogens is 1. The Morgan fingerprint density at radius 3 is 2.77 bits per heavy atom. The van der Waals surface area contributed by atoms with Crippen LogP contribution in [0.3, 0.4) is 0 Å². The molecule has 0 atom stereocenters. The number of rotatable bonds is 2. The minimum absolute atomic E-state index is 0.330. The van der Waals surface area contributed by atoms with Crippen LogP contribution in [0, 0.1) is 6.92 Å². The number of hydrogen-bond acceptors (Lipinski definition) is 4. The molecule has 0 fully saturated rings. The highest BCUT2D eigenvalue weighted by Gasteiger charge is 2.19. The quantitative estimate of drug-likeness (QED) is 0.675. The average molecular weight is 295 g/mol. The lowest BCUT2D eigenvalue weighted by molar-refractivity contribution is 0.102. The van der Waals surface area contributed by atoms with E-state index in [0.29, 0.717) is 16.7 Å². The fraction of sp³-hybridized carbons (Fsp3) is 0.0625. The van der Waals surface area contributed by atoms with Gasteiger partial charge in [-0.25, -0.2) is 4.98 Å². The van der Waals surface area contributed by atoms with E-state index in [9.17, 15) is 14.7 Å². The summed E-state index contributed by atoms with van der Waals surface area (Å²) in [5.74, 6) is -0.698. The molecule has 0 saturated heterocycles. The number of carbonyl (C=O) groups is 1. The molecule has 110 valence electrons. The number of aromatic nitrogens is 2. The van der Waals surface area contributed by atoms with E-state index in [-0.39, 0.29) is 11.3 Å². The van der Waals surface area contributed by atoms with Gasteiger partial charge in [-0.3, -0.25) is 9.59 Å². The van der Waals surface area contributed by atoms with Gasteiger partial charge < -0.3 is 15.4 Å². The number of amides is 1. The molecular weight excluding hydrogens is 282 g/mol. The first-order chi connectivity index (χ1) is 10.6. The highest BCUT2D eigenvalue weighted by atomic mass is 16.3. The molecule has 3 N–H and O–H groups in total. The lowest BCUT2D eigenvalue weighted by atomic mass is 10.1. The summed E-state index contributed by atoms with van der Waals surface area (Å²) in [6, 6.07) is 10.3. The number of anilines is 1. The fourth-order valence-corrected chi connectivity index (χ4v) is 2.22. The van der Waals surface area contributed by atoms with Gasteiger partial charge in [-0.2, -0.15) is 0 Å². The first-order valence-corrected chi connectivity index (χ1v) is 6.65. The zero-order valence-corrected chi connectivity index (χ0v) is 11.8. The Bertz CT molecular complexity index is 931. The van der Waals surface area contributed by atoms with E-state index >= 15 is 0 Å². The SMILES string of the molecule is Cc1cccnc1NC(=O)c1c(O)c2ccccc2[nH]c1=O. The van der Waals surface area contributed by atoms with Crippen LogP contribution in [0.15, 0.2) is 47.4 Å². The Morgan fingerprint density at radius 1 is 1.23 bits per heavy atom. The standard InChI is InChI=1S/C16H13N3O3/c1-9-5-4-8-17-14(9)19-16(22)12-13(20)10-6-2-3-7-11(10)18-15(12)21/h2-8H,1H3,(H,17,19,22)(H2,18,20,21). The van der Waals surface area contributed by atoms with Crippen LogP contribution in [0.4, 0.5) is 5.82 Å². The molecule has 0 aliphatic carbocycles. The molecule has 0 aliphatic rings. The van der Waals surface area contributed by atoms with Crippen LogP contribution in [0.1, 0.15) is 15.9 Å². The molecule has 0 unspecified atom stereocenters. The largest absolute Gasteiger partial charge is 0.506 e. The van der Waals surface area contributed by atoms with Crippen molar-refractivity contribution in [2.45, 2.75) is 6.92 Å². The first kappa shape index (κ1) is 13.8. The smallest absolute Gasteiger partial charge is 0.266 e. The number of fused-ring (bicyclic) bond motifs is 1. The van der Waals surface area contributed by atoms with E-state index in [4.69, 9.17) is 0 Å². The normalized spacial score (nSPS) is 10.6. The third-order valence-corrected chi connectivity index (χ3v) is 3.36. The van der Waals surface area contributed by atoms with Crippen molar-refractivity contribution in [2.75, 3.05) is 5.32 Å². The summed E-state index contributed by atoms with van der Waals surface area (Å²) >= 11 is 0. The van der Waals surface area contributed by atoms with Crippen LogP contribution < -0.4 is 10.9 Å². The lowest BCUT2D eigenvalue weighted by Crippen LogP contribution is -2.24. The van der Waals surface area contributed by atoms with Gasteiger partial charge in [0.2, 0.25) is 0 Å². The van der Waals surface area contributed by atoms with Gasteiger partial charge in [0.15, 0.2) is 0 Å². The van der Waals surface area contributed by atoms with Crippen LogP contribution in [0.5, 0.6) is 5.75 Å². The molecule has 6 nitrogen and oxygen atoms in total. The second-order valence-electron chi connectivity index (χ2n) is 4.85. The van der Waals surface area contributed by atoms with Crippen molar-refractivity contribution in [1.82, 2.24) is 9.97 Å². The van der Waals surface area contributed by atoms with Crippen LogP contribution >= 0.6 is 0 Å². The molecule has 3 aromatic rings. The summed E-state index contributed by atoms with van der Waals surface area (Å²) in [6.45, 7) is 1.78. The molecule has 0 spiro atoms. The minimum atomic E-state index is -0.702. The summed E-state index contributed by atoms with van der Waals surface area (Å²) < 4.78 is 0. The molecule has 6 heteroatoms. The molecule has 1 amide bonds. The molecule has 2 heterocycles. The van der Waals surface area contributed by atoms with Crippen LogP contribution in [-0.4, -0.2) is 21.0 Å². The number of carbonyl (C=O) groups excluding carboxylic acids is 1. The molecule has 0 radical (unpaired) electrons. The lowest BCUT2D eigenvalue weighted by Gasteiger charge is -2.09. The van der Waals surface area contributed by atoms with E-state index in [1.54, 1.807) is 43.3 Å². The van der Waals surface area contributed by atoms with Crippen molar-refractivity contribution in [2.24, 2.45) is 0 Å². The Hall–Kier alpha value is -3.15. The summed E-state index contributed by atoms with van der Waals surface area (Å²) in [6.07, 6.45) is 1.53. The molecule has 0 bridgehead atoms. The topological polar surface area (TPSA) is 95.1 Å². The second-order valence-corrected chi connectivity index (χ2v) is 4.85. The number of para-hydroxylation sites is 1. The van der Waals surface area contributed by atoms with Gasteiger partial charge in [-0.15, -0.1) is 0 Å². The number of aryl methyl sites for hydroxylation is 1. The summed E-state index contributed by atoms with van der Waals surface area (Å²) in [4.78, 5) is 31.0. The summed E-state index contributed by atoms with van der Waals surface area (Å²) in [5.41, 5.74) is 0.245. The third kappa shape index (κ3) is 2.31. The van der Waals surface area contributed by atoms with E-state index in [1.165, 1.54) is 6.20 Å². The Balaban J connectivity index is 2.08. The molecule has 0 saturated carbocycles. The number of nitrogens with zero attached hydrogens (tertiary/aromatic N) is 1. The summed E-state index contributed by atoms with van der Waals surface area (Å²) in [7, 11) is 0. The Kier molecular flexibility index (Phi) is 3.34.